The fourth-order valence-corrected chi connectivity index (χ4v) is 4.46. The molecule has 0 saturated carbocycles. The van der Waals surface area contributed by atoms with Gasteiger partial charge in [-0.25, -0.2) is 8.78 Å². The van der Waals surface area contributed by atoms with Gasteiger partial charge < -0.3 is 9.47 Å². The van der Waals surface area contributed by atoms with Gasteiger partial charge in [-0.15, -0.1) is 0 Å². The van der Waals surface area contributed by atoms with Gasteiger partial charge >= 0.3 is 0 Å². The minimum Gasteiger partial charge on any atom is -0.350 e. The normalized spacial score (nSPS) is 13.0. The number of benzene rings is 1. The van der Waals surface area contributed by atoms with E-state index >= 15 is 0 Å². The van der Waals surface area contributed by atoms with Crippen molar-refractivity contribution in [1.82, 2.24) is 0 Å². The minimum absolute atomic E-state index is 0.407. The second kappa shape index (κ2) is 16.6. The van der Waals surface area contributed by atoms with Crippen molar-refractivity contribution in [2.45, 2.75) is 117 Å². The standard InChI is InChI=1S/C27H46F2O2/c1-5-8-9-10-11-15-18-24(27(4,30-6-2)31-7-3)19-16-13-12-14-17-23-20-21-25(28)26(29)22-23/h20-22,24H,5-19H2,1-4H3. The third-order valence-corrected chi connectivity index (χ3v) is 6.26. The average molecular weight is 441 g/mol. The van der Waals surface area contributed by atoms with Gasteiger partial charge in [0.25, 0.3) is 0 Å². The molecule has 0 amide bonds. The molecule has 1 aromatic carbocycles. The maximum Gasteiger partial charge on any atom is 0.168 e. The number of halogens is 2. The van der Waals surface area contributed by atoms with Crippen molar-refractivity contribution in [1.29, 1.82) is 0 Å². The van der Waals surface area contributed by atoms with Gasteiger partial charge in [0.15, 0.2) is 17.4 Å². The van der Waals surface area contributed by atoms with E-state index in [0.717, 1.165) is 50.5 Å². The van der Waals surface area contributed by atoms with Crippen molar-refractivity contribution in [3.8, 4) is 0 Å². The Labute approximate surface area is 190 Å². The van der Waals surface area contributed by atoms with E-state index in [2.05, 4.69) is 13.8 Å². The van der Waals surface area contributed by atoms with Crippen molar-refractivity contribution in [2.24, 2.45) is 5.92 Å². The van der Waals surface area contributed by atoms with Gasteiger partial charge in [-0.05, 0) is 64.2 Å². The highest BCUT2D eigenvalue weighted by Gasteiger charge is 2.34. The minimum atomic E-state index is -0.771. The van der Waals surface area contributed by atoms with Crippen LogP contribution < -0.4 is 0 Å². The van der Waals surface area contributed by atoms with E-state index in [9.17, 15) is 8.78 Å². The highest BCUT2D eigenvalue weighted by atomic mass is 19.2. The van der Waals surface area contributed by atoms with Gasteiger partial charge in [-0.1, -0.05) is 70.8 Å². The molecule has 0 heterocycles. The van der Waals surface area contributed by atoms with E-state index in [4.69, 9.17) is 9.47 Å². The van der Waals surface area contributed by atoms with Crippen LogP contribution in [0.5, 0.6) is 0 Å². The number of hydrogen-bond donors (Lipinski definition) is 0. The first kappa shape index (κ1) is 28.0. The summed E-state index contributed by atoms with van der Waals surface area (Å²) >= 11 is 0. The second-order valence-electron chi connectivity index (χ2n) is 8.84. The number of ether oxygens (including phenoxy) is 2. The highest BCUT2D eigenvalue weighted by molar-refractivity contribution is 5.17. The zero-order valence-corrected chi connectivity index (χ0v) is 20.5. The fourth-order valence-electron chi connectivity index (χ4n) is 4.46. The quantitative estimate of drug-likeness (QED) is 0.158. The number of hydrogen-bond acceptors (Lipinski definition) is 2. The zero-order valence-electron chi connectivity index (χ0n) is 20.5. The predicted molar refractivity (Wildman–Crippen MR) is 126 cm³/mol. The molecule has 0 radical (unpaired) electrons. The third-order valence-electron chi connectivity index (χ3n) is 6.26. The Bertz CT molecular complexity index is 570. The van der Waals surface area contributed by atoms with Crippen molar-refractivity contribution in [3.05, 3.63) is 35.4 Å². The lowest BCUT2D eigenvalue weighted by atomic mass is 9.87. The van der Waals surface area contributed by atoms with Gasteiger partial charge in [0.1, 0.15) is 0 Å². The van der Waals surface area contributed by atoms with Gasteiger partial charge in [-0.2, -0.15) is 0 Å². The molecule has 0 saturated heterocycles. The van der Waals surface area contributed by atoms with Gasteiger partial charge in [0.05, 0.1) is 0 Å². The Balaban J connectivity index is 2.43. The first-order valence-electron chi connectivity index (χ1n) is 12.7. The molecule has 0 N–H and O–H groups in total. The Morgan fingerprint density at radius 2 is 1.29 bits per heavy atom. The molecule has 1 unspecified atom stereocenters. The van der Waals surface area contributed by atoms with E-state index in [1.165, 1.54) is 50.7 Å². The largest absolute Gasteiger partial charge is 0.350 e. The van der Waals surface area contributed by atoms with E-state index in [1.54, 1.807) is 6.07 Å². The summed E-state index contributed by atoms with van der Waals surface area (Å²) in [5.41, 5.74) is 0.875. The van der Waals surface area contributed by atoms with Crippen LogP contribution in [0.2, 0.25) is 0 Å². The first-order chi connectivity index (χ1) is 15.0. The van der Waals surface area contributed by atoms with Gasteiger partial charge in [-0.3, -0.25) is 0 Å². The Kier molecular flexibility index (Phi) is 15.0. The molecular formula is C27H46F2O2. The van der Waals surface area contributed by atoms with Crippen molar-refractivity contribution < 1.29 is 18.3 Å². The maximum atomic E-state index is 13.3. The summed E-state index contributed by atoms with van der Waals surface area (Å²) in [7, 11) is 0. The number of aryl methyl sites for hydroxylation is 1. The summed E-state index contributed by atoms with van der Waals surface area (Å²) in [5, 5.41) is 0. The summed E-state index contributed by atoms with van der Waals surface area (Å²) in [4.78, 5) is 0. The van der Waals surface area contributed by atoms with Gasteiger partial charge in [0, 0.05) is 19.1 Å². The SMILES string of the molecule is CCCCCCCCC(CCCCCCc1ccc(F)c(F)c1)C(C)(OCC)OCC. The molecule has 31 heavy (non-hydrogen) atoms. The van der Waals surface area contributed by atoms with Crippen LogP contribution in [0.3, 0.4) is 0 Å². The van der Waals surface area contributed by atoms with Crippen molar-refractivity contribution in [2.75, 3.05) is 13.2 Å². The molecule has 1 rings (SSSR count). The summed E-state index contributed by atoms with van der Waals surface area (Å²) in [6.07, 6.45) is 15.3. The molecule has 4 heteroatoms. The predicted octanol–water partition coefficient (Wildman–Crippen LogP) is 8.61. The van der Waals surface area contributed by atoms with Crippen LogP contribution in [0, 0.1) is 17.6 Å². The second-order valence-corrected chi connectivity index (χ2v) is 8.84. The van der Waals surface area contributed by atoms with Crippen molar-refractivity contribution in [3.63, 3.8) is 0 Å². The molecular weight excluding hydrogens is 394 g/mol. The molecule has 0 aromatic heterocycles. The van der Waals surface area contributed by atoms with E-state index < -0.39 is 17.4 Å². The highest BCUT2D eigenvalue weighted by Crippen LogP contribution is 2.33. The average Bonchev–Trinajstić information content (AvgIpc) is 2.74. The molecule has 0 spiro atoms. The van der Waals surface area contributed by atoms with Crippen LogP contribution in [0.1, 0.15) is 110 Å². The number of unbranched alkanes of at least 4 members (excludes halogenated alkanes) is 8. The monoisotopic (exact) mass is 440 g/mol. The molecule has 0 aliphatic heterocycles. The maximum absolute atomic E-state index is 13.3. The lowest BCUT2D eigenvalue weighted by molar-refractivity contribution is -0.254. The molecule has 1 aromatic rings. The molecule has 0 aliphatic carbocycles. The lowest BCUT2D eigenvalue weighted by Crippen LogP contribution is -2.41. The topological polar surface area (TPSA) is 18.5 Å². The first-order valence-corrected chi connectivity index (χ1v) is 12.7. The molecule has 2 nitrogen and oxygen atoms in total. The molecule has 1 atom stereocenters. The molecule has 0 bridgehead atoms. The van der Waals surface area contributed by atoms with Crippen LogP contribution in [-0.4, -0.2) is 19.0 Å². The fraction of sp³-hybridized carbons (Fsp3) is 0.778. The summed E-state index contributed by atoms with van der Waals surface area (Å²) in [5.74, 6) is -1.61. The van der Waals surface area contributed by atoms with E-state index in [1.807, 2.05) is 13.8 Å². The van der Waals surface area contributed by atoms with Crippen LogP contribution in [-0.2, 0) is 15.9 Å². The Hall–Kier alpha value is -1.00. The number of rotatable bonds is 19. The molecule has 180 valence electrons. The molecule has 0 fully saturated rings. The third kappa shape index (κ3) is 11.4. The smallest absolute Gasteiger partial charge is 0.168 e. The van der Waals surface area contributed by atoms with Gasteiger partial charge in [0.2, 0.25) is 0 Å². The van der Waals surface area contributed by atoms with E-state index in [0.29, 0.717) is 19.1 Å². The van der Waals surface area contributed by atoms with E-state index in [-0.39, 0.29) is 0 Å². The van der Waals surface area contributed by atoms with Crippen LogP contribution in [0.25, 0.3) is 0 Å². The summed E-state index contributed by atoms with van der Waals surface area (Å²) in [6, 6.07) is 4.23. The Morgan fingerprint density at radius 1 is 0.742 bits per heavy atom. The zero-order chi connectivity index (χ0) is 23.0. The van der Waals surface area contributed by atoms with Crippen molar-refractivity contribution >= 4 is 0 Å². The van der Waals surface area contributed by atoms with Crippen LogP contribution >= 0.6 is 0 Å². The summed E-state index contributed by atoms with van der Waals surface area (Å²) < 4.78 is 38.6. The summed E-state index contributed by atoms with van der Waals surface area (Å²) in [6.45, 7) is 9.78. The van der Waals surface area contributed by atoms with Crippen LogP contribution in [0.4, 0.5) is 8.78 Å². The Morgan fingerprint density at radius 3 is 1.84 bits per heavy atom. The molecule has 0 aliphatic rings. The lowest BCUT2D eigenvalue weighted by Gasteiger charge is -2.37. The van der Waals surface area contributed by atoms with Crippen LogP contribution in [0.15, 0.2) is 18.2 Å².